The van der Waals surface area contributed by atoms with Gasteiger partial charge in [0.25, 0.3) is 0 Å². The molecule has 4 atom stereocenters. The first kappa shape index (κ1) is 15.6. The number of carbonyl (C=O) groups excluding carboxylic acids is 2. The van der Waals surface area contributed by atoms with Crippen LogP contribution in [0.5, 0.6) is 0 Å². The molecule has 3 heterocycles. The Bertz CT molecular complexity index is 621. The molecule has 0 bridgehead atoms. The molecule has 128 valence electrons. The van der Waals surface area contributed by atoms with E-state index in [4.69, 9.17) is 0 Å². The summed E-state index contributed by atoms with van der Waals surface area (Å²) in [5, 5.41) is 3.40. The van der Waals surface area contributed by atoms with Gasteiger partial charge in [-0.1, -0.05) is 30.3 Å². The third-order valence-corrected chi connectivity index (χ3v) is 5.96. The van der Waals surface area contributed by atoms with E-state index in [1.165, 1.54) is 0 Å². The Labute approximate surface area is 143 Å². The Morgan fingerprint density at radius 1 is 1.12 bits per heavy atom. The van der Waals surface area contributed by atoms with Crippen LogP contribution in [0.15, 0.2) is 30.3 Å². The number of carbonyl (C=O) groups is 2. The van der Waals surface area contributed by atoms with Gasteiger partial charge in [-0.15, -0.1) is 0 Å². The van der Waals surface area contributed by atoms with Crippen molar-refractivity contribution in [1.82, 2.24) is 15.1 Å². The quantitative estimate of drug-likeness (QED) is 0.910. The summed E-state index contributed by atoms with van der Waals surface area (Å²) in [6.07, 6.45) is 0.361. The average molecular weight is 327 g/mol. The molecule has 0 saturated carbocycles. The molecule has 0 spiro atoms. The van der Waals surface area contributed by atoms with E-state index in [-0.39, 0.29) is 23.8 Å². The molecule has 5 heteroatoms. The number of rotatable bonds is 3. The van der Waals surface area contributed by atoms with Gasteiger partial charge in [-0.2, -0.15) is 0 Å². The largest absolute Gasteiger partial charge is 0.342 e. The Hall–Kier alpha value is -1.88. The van der Waals surface area contributed by atoms with Crippen molar-refractivity contribution < 1.29 is 9.59 Å². The van der Waals surface area contributed by atoms with Crippen LogP contribution in [0, 0.1) is 17.8 Å². The van der Waals surface area contributed by atoms with E-state index in [1.54, 1.807) is 0 Å². The number of fused-ring (bicyclic) bond motifs is 1. The van der Waals surface area contributed by atoms with Gasteiger partial charge in [0.2, 0.25) is 11.8 Å². The molecule has 24 heavy (non-hydrogen) atoms. The van der Waals surface area contributed by atoms with E-state index in [0.717, 1.165) is 31.7 Å². The van der Waals surface area contributed by atoms with Gasteiger partial charge in [0.1, 0.15) is 0 Å². The third-order valence-electron chi connectivity index (χ3n) is 5.96. The fourth-order valence-electron chi connectivity index (χ4n) is 4.48. The molecule has 1 N–H and O–H groups in total. The third kappa shape index (κ3) is 2.71. The number of nitrogens with zero attached hydrogens (tertiary/aromatic N) is 2. The normalized spacial score (nSPS) is 30.7. The summed E-state index contributed by atoms with van der Waals surface area (Å²) in [5.41, 5.74) is 1.13. The Morgan fingerprint density at radius 2 is 1.79 bits per heavy atom. The predicted molar refractivity (Wildman–Crippen MR) is 91.1 cm³/mol. The number of nitrogens with one attached hydrogen (secondary N) is 1. The minimum absolute atomic E-state index is 0.0265. The maximum absolute atomic E-state index is 12.9. The number of likely N-dealkylation sites (tertiary alicyclic amines) is 2. The molecule has 0 radical (unpaired) electrons. The number of hydrogen-bond donors (Lipinski definition) is 1. The molecule has 4 rings (SSSR count). The molecule has 2 amide bonds. The highest BCUT2D eigenvalue weighted by Crippen LogP contribution is 2.32. The van der Waals surface area contributed by atoms with E-state index in [0.29, 0.717) is 24.8 Å². The molecular formula is C19H25N3O2. The van der Waals surface area contributed by atoms with Crippen LogP contribution in [0.1, 0.15) is 24.9 Å². The topological polar surface area (TPSA) is 52.7 Å². The average Bonchev–Trinajstić information content (AvgIpc) is 3.28. The van der Waals surface area contributed by atoms with Crippen LogP contribution in [-0.4, -0.2) is 54.3 Å². The van der Waals surface area contributed by atoms with E-state index >= 15 is 0 Å². The maximum Gasteiger partial charge on any atom is 0.228 e. The van der Waals surface area contributed by atoms with Crippen molar-refractivity contribution in [1.29, 1.82) is 0 Å². The molecule has 3 saturated heterocycles. The molecule has 5 nitrogen and oxygen atoms in total. The summed E-state index contributed by atoms with van der Waals surface area (Å²) >= 11 is 0. The van der Waals surface area contributed by atoms with E-state index in [2.05, 4.69) is 5.32 Å². The molecular weight excluding hydrogens is 302 g/mol. The van der Waals surface area contributed by atoms with E-state index in [1.807, 2.05) is 47.1 Å². The lowest BCUT2D eigenvalue weighted by Gasteiger charge is -2.26. The van der Waals surface area contributed by atoms with Crippen LogP contribution in [0.25, 0.3) is 0 Å². The van der Waals surface area contributed by atoms with Gasteiger partial charge in [-0.05, 0) is 24.3 Å². The fraction of sp³-hybridized carbons (Fsp3) is 0.579. The van der Waals surface area contributed by atoms with Gasteiger partial charge in [0.05, 0.1) is 12.0 Å². The SMILES string of the molecule is CC(c1ccccc1)N1CC(C(=O)N2C[C@H]3CNC[C@H]3C2)CC1=O. The first-order valence-corrected chi connectivity index (χ1v) is 8.97. The second-order valence-electron chi connectivity index (χ2n) is 7.46. The Kier molecular flexibility index (Phi) is 4.04. The van der Waals surface area contributed by atoms with Crippen molar-refractivity contribution in [2.75, 3.05) is 32.7 Å². The predicted octanol–water partition coefficient (Wildman–Crippen LogP) is 1.27. The Balaban J connectivity index is 1.41. The van der Waals surface area contributed by atoms with Crippen LogP contribution in [0.3, 0.4) is 0 Å². The number of amides is 2. The van der Waals surface area contributed by atoms with Crippen molar-refractivity contribution in [2.45, 2.75) is 19.4 Å². The zero-order chi connectivity index (χ0) is 16.7. The van der Waals surface area contributed by atoms with Gasteiger partial charge in [0.15, 0.2) is 0 Å². The zero-order valence-electron chi connectivity index (χ0n) is 14.1. The fourth-order valence-corrected chi connectivity index (χ4v) is 4.48. The van der Waals surface area contributed by atoms with Gasteiger partial charge < -0.3 is 15.1 Å². The summed E-state index contributed by atoms with van der Waals surface area (Å²) in [6, 6.07) is 10.1. The summed E-state index contributed by atoms with van der Waals surface area (Å²) < 4.78 is 0. The van der Waals surface area contributed by atoms with Crippen LogP contribution in [0.2, 0.25) is 0 Å². The number of benzene rings is 1. The minimum Gasteiger partial charge on any atom is -0.342 e. The summed E-state index contributed by atoms with van der Waals surface area (Å²) in [5.74, 6) is 1.32. The van der Waals surface area contributed by atoms with Gasteiger partial charge in [0, 0.05) is 39.1 Å². The molecule has 1 aromatic rings. The van der Waals surface area contributed by atoms with Crippen LogP contribution in [-0.2, 0) is 9.59 Å². The lowest BCUT2D eigenvalue weighted by atomic mass is 10.0. The smallest absolute Gasteiger partial charge is 0.228 e. The van der Waals surface area contributed by atoms with Gasteiger partial charge >= 0.3 is 0 Å². The summed E-state index contributed by atoms with van der Waals surface area (Å²) in [4.78, 5) is 29.2. The van der Waals surface area contributed by atoms with Crippen molar-refractivity contribution in [2.24, 2.45) is 17.8 Å². The van der Waals surface area contributed by atoms with Crippen LogP contribution >= 0.6 is 0 Å². The highest BCUT2D eigenvalue weighted by atomic mass is 16.2. The van der Waals surface area contributed by atoms with Crippen molar-refractivity contribution in [3.8, 4) is 0 Å². The summed E-state index contributed by atoms with van der Waals surface area (Å²) in [6.45, 7) is 6.36. The first-order valence-electron chi connectivity index (χ1n) is 8.97. The van der Waals surface area contributed by atoms with Crippen LogP contribution < -0.4 is 5.32 Å². The first-order chi connectivity index (χ1) is 11.6. The van der Waals surface area contributed by atoms with Gasteiger partial charge in [-0.25, -0.2) is 0 Å². The van der Waals surface area contributed by atoms with Crippen molar-refractivity contribution >= 4 is 11.8 Å². The van der Waals surface area contributed by atoms with Gasteiger partial charge in [-0.3, -0.25) is 9.59 Å². The number of hydrogen-bond acceptors (Lipinski definition) is 3. The highest BCUT2D eigenvalue weighted by molar-refractivity contribution is 5.89. The highest BCUT2D eigenvalue weighted by Gasteiger charge is 2.43. The molecule has 3 aliphatic rings. The lowest BCUT2D eigenvalue weighted by Crippen LogP contribution is -2.38. The van der Waals surface area contributed by atoms with Crippen molar-refractivity contribution in [3.05, 3.63) is 35.9 Å². The van der Waals surface area contributed by atoms with Crippen LogP contribution in [0.4, 0.5) is 0 Å². The molecule has 0 aromatic heterocycles. The second kappa shape index (κ2) is 6.20. The lowest BCUT2D eigenvalue weighted by molar-refractivity contribution is -0.135. The second-order valence-corrected chi connectivity index (χ2v) is 7.46. The van der Waals surface area contributed by atoms with Crippen molar-refractivity contribution in [3.63, 3.8) is 0 Å². The molecule has 3 fully saturated rings. The minimum atomic E-state index is -0.171. The van der Waals surface area contributed by atoms with E-state index < -0.39 is 0 Å². The molecule has 3 aliphatic heterocycles. The Morgan fingerprint density at radius 3 is 2.46 bits per heavy atom. The van der Waals surface area contributed by atoms with E-state index in [9.17, 15) is 9.59 Å². The molecule has 0 aliphatic carbocycles. The molecule has 1 aromatic carbocycles. The standard InChI is InChI=1S/C19H25N3O2/c1-13(14-5-3-2-4-6-14)22-12-15(7-18(22)23)19(24)21-10-16-8-20-9-17(16)11-21/h2-6,13,15-17,20H,7-12H2,1H3/t13?,15?,16-,17+. The summed E-state index contributed by atoms with van der Waals surface area (Å²) in [7, 11) is 0. The zero-order valence-corrected chi connectivity index (χ0v) is 14.1. The molecule has 2 unspecified atom stereocenters. The maximum atomic E-state index is 12.9. The monoisotopic (exact) mass is 327 g/mol.